The van der Waals surface area contributed by atoms with Gasteiger partial charge in [0.25, 0.3) is 0 Å². The molecule has 1 aromatic carbocycles. The number of piperidine rings is 1. The summed E-state index contributed by atoms with van der Waals surface area (Å²) in [7, 11) is 0. The van der Waals surface area contributed by atoms with Crippen molar-refractivity contribution < 1.29 is 9.50 Å². The molecular formula is C20H32FN3O. The molecule has 1 aromatic rings. The molecule has 2 aliphatic rings. The number of aliphatic hydroxyl groups is 1. The Morgan fingerprint density at radius 1 is 1.04 bits per heavy atom. The highest BCUT2D eigenvalue weighted by Crippen LogP contribution is 2.12. The zero-order valence-electron chi connectivity index (χ0n) is 15.2. The second-order valence-corrected chi connectivity index (χ2v) is 7.56. The second kappa shape index (κ2) is 9.62. The highest BCUT2D eigenvalue weighted by Gasteiger charge is 2.20. The summed E-state index contributed by atoms with van der Waals surface area (Å²) < 4.78 is 12.9. The Hall–Kier alpha value is -1.01. The third-order valence-corrected chi connectivity index (χ3v) is 5.53. The van der Waals surface area contributed by atoms with Crippen molar-refractivity contribution in [3.8, 4) is 0 Å². The maximum Gasteiger partial charge on any atom is 0.123 e. The Labute approximate surface area is 151 Å². The van der Waals surface area contributed by atoms with E-state index in [0.29, 0.717) is 12.6 Å². The topological polar surface area (TPSA) is 38.7 Å². The minimum absolute atomic E-state index is 0.164. The van der Waals surface area contributed by atoms with Crippen LogP contribution in [0.3, 0.4) is 0 Å². The van der Waals surface area contributed by atoms with E-state index in [0.717, 1.165) is 58.5 Å². The molecule has 140 valence electrons. The number of rotatable bonds is 8. The van der Waals surface area contributed by atoms with E-state index in [1.54, 1.807) is 12.1 Å². The fourth-order valence-electron chi connectivity index (χ4n) is 3.93. The second-order valence-electron chi connectivity index (χ2n) is 7.56. The van der Waals surface area contributed by atoms with Gasteiger partial charge in [0.2, 0.25) is 0 Å². The Morgan fingerprint density at radius 3 is 2.40 bits per heavy atom. The molecule has 0 radical (unpaired) electrons. The maximum atomic E-state index is 12.9. The van der Waals surface area contributed by atoms with Crippen LogP contribution in [0.4, 0.5) is 4.39 Å². The van der Waals surface area contributed by atoms with Crippen LogP contribution in [0.1, 0.15) is 31.2 Å². The number of β-amino-alcohol motifs (C(OH)–C–C–N with tert-alkyl or cyclic N) is 1. The quantitative estimate of drug-likeness (QED) is 0.752. The van der Waals surface area contributed by atoms with Crippen LogP contribution in [-0.4, -0.2) is 72.9 Å². The smallest absolute Gasteiger partial charge is 0.123 e. The molecule has 0 aliphatic carbocycles. The van der Waals surface area contributed by atoms with Crippen LogP contribution in [0.5, 0.6) is 0 Å². The van der Waals surface area contributed by atoms with Gasteiger partial charge >= 0.3 is 0 Å². The van der Waals surface area contributed by atoms with Gasteiger partial charge in [0.15, 0.2) is 0 Å². The van der Waals surface area contributed by atoms with E-state index < -0.39 is 0 Å². The molecule has 0 saturated carbocycles. The average molecular weight is 349 g/mol. The molecule has 0 bridgehead atoms. The third kappa shape index (κ3) is 6.33. The lowest BCUT2D eigenvalue weighted by Gasteiger charge is -2.33. The maximum absolute atomic E-state index is 12.9. The van der Waals surface area contributed by atoms with Gasteiger partial charge < -0.3 is 20.2 Å². The standard InChI is InChI=1S/C20H32FN3O/c21-18-5-3-17(4-6-18)7-12-23-13-8-19(9-14-23)22-15-20(25)16-24-10-1-2-11-24/h3-6,19-20,22,25H,1-2,7-16H2. The van der Waals surface area contributed by atoms with Crippen molar-refractivity contribution in [2.45, 2.75) is 44.2 Å². The Morgan fingerprint density at radius 2 is 1.72 bits per heavy atom. The molecule has 1 unspecified atom stereocenters. The zero-order valence-corrected chi connectivity index (χ0v) is 15.2. The summed E-state index contributed by atoms with van der Waals surface area (Å²) in [5, 5.41) is 13.7. The minimum Gasteiger partial charge on any atom is -0.390 e. The van der Waals surface area contributed by atoms with E-state index in [4.69, 9.17) is 0 Å². The first-order chi connectivity index (χ1) is 12.2. The molecule has 0 aromatic heterocycles. The van der Waals surface area contributed by atoms with Crippen LogP contribution in [0, 0.1) is 5.82 Å². The van der Waals surface area contributed by atoms with Crippen molar-refractivity contribution in [2.75, 3.05) is 45.8 Å². The number of benzene rings is 1. The van der Waals surface area contributed by atoms with Gasteiger partial charge in [-0.25, -0.2) is 4.39 Å². The summed E-state index contributed by atoms with van der Waals surface area (Å²) in [5.41, 5.74) is 1.20. The lowest BCUT2D eigenvalue weighted by Crippen LogP contribution is -2.46. The van der Waals surface area contributed by atoms with E-state index in [1.165, 1.54) is 18.4 Å². The van der Waals surface area contributed by atoms with Gasteiger partial charge in [0.1, 0.15) is 5.82 Å². The lowest BCUT2D eigenvalue weighted by atomic mass is 10.0. The van der Waals surface area contributed by atoms with Crippen molar-refractivity contribution in [2.24, 2.45) is 0 Å². The van der Waals surface area contributed by atoms with E-state index >= 15 is 0 Å². The summed E-state index contributed by atoms with van der Waals surface area (Å²) >= 11 is 0. The molecule has 2 aliphatic heterocycles. The summed E-state index contributed by atoms with van der Waals surface area (Å²) in [4.78, 5) is 4.85. The van der Waals surface area contributed by atoms with E-state index in [-0.39, 0.29) is 11.9 Å². The van der Waals surface area contributed by atoms with E-state index in [2.05, 4.69) is 15.1 Å². The number of nitrogens with zero attached hydrogens (tertiary/aromatic N) is 2. The predicted octanol–water partition coefficient (Wildman–Crippen LogP) is 1.88. The van der Waals surface area contributed by atoms with Crippen LogP contribution in [0.15, 0.2) is 24.3 Å². The number of hydrogen-bond donors (Lipinski definition) is 2. The predicted molar refractivity (Wildman–Crippen MR) is 99.2 cm³/mol. The van der Waals surface area contributed by atoms with Gasteiger partial charge in [-0.15, -0.1) is 0 Å². The van der Waals surface area contributed by atoms with Crippen LogP contribution in [0.2, 0.25) is 0 Å². The highest BCUT2D eigenvalue weighted by atomic mass is 19.1. The Bertz CT molecular complexity index is 496. The first kappa shape index (κ1) is 18.8. The van der Waals surface area contributed by atoms with Gasteiger partial charge in [0.05, 0.1) is 6.10 Å². The molecule has 0 spiro atoms. The molecule has 3 rings (SSSR count). The molecule has 5 heteroatoms. The molecule has 25 heavy (non-hydrogen) atoms. The summed E-state index contributed by atoms with van der Waals surface area (Å²) in [6.45, 7) is 7.03. The molecule has 1 atom stereocenters. The largest absolute Gasteiger partial charge is 0.390 e. The summed E-state index contributed by atoms with van der Waals surface area (Å²) in [6.07, 6.45) is 5.55. The molecule has 2 saturated heterocycles. The number of aliphatic hydroxyl groups excluding tert-OH is 1. The van der Waals surface area contributed by atoms with Crippen molar-refractivity contribution in [1.82, 2.24) is 15.1 Å². The summed E-state index contributed by atoms with van der Waals surface area (Å²) in [5.74, 6) is -0.164. The molecule has 2 N–H and O–H groups in total. The van der Waals surface area contributed by atoms with Gasteiger partial charge in [0, 0.05) is 25.7 Å². The van der Waals surface area contributed by atoms with Gasteiger partial charge in [-0.3, -0.25) is 0 Å². The van der Waals surface area contributed by atoms with Gasteiger partial charge in [-0.05, 0) is 76.0 Å². The van der Waals surface area contributed by atoms with Gasteiger partial charge in [-0.1, -0.05) is 12.1 Å². The number of hydrogen-bond acceptors (Lipinski definition) is 4. The molecule has 0 amide bonds. The molecule has 2 fully saturated rings. The SMILES string of the molecule is OC(CNC1CCN(CCc2ccc(F)cc2)CC1)CN1CCCC1. The van der Waals surface area contributed by atoms with E-state index in [9.17, 15) is 9.50 Å². The zero-order chi connectivity index (χ0) is 17.5. The normalized spacial score (nSPS) is 21.7. The first-order valence-electron chi connectivity index (χ1n) is 9.79. The Balaban J connectivity index is 1.28. The van der Waals surface area contributed by atoms with Crippen LogP contribution in [-0.2, 0) is 6.42 Å². The van der Waals surface area contributed by atoms with Crippen LogP contribution >= 0.6 is 0 Å². The fourth-order valence-corrected chi connectivity index (χ4v) is 3.93. The molecule has 2 heterocycles. The van der Waals surface area contributed by atoms with Crippen molar-refractivity contribution in [3.63, 3.8) is 0 Å². The van der Waals surface area contributed by atoms with Crippen molar-refractivity contribution >= 4 is 0 Å². The number of likely N-dealkylation sites (tertiary alicyclic amines) is 2. The number of nitrogens with one attached hydrogen (secondary N) is 1. The van der Waals surface area contributed by atoms with Crippen molar-refractivity contribution in [1.29, 1.82) is 0 Å². The molecule has 4 nitrogen and oxygen atoms in total. The Kier molecular flexibility index (Phi) is 7.23. The van der Waals surface area contributed by atoms with Gasteiger partial charge in [-0.2, -0.15) is 0 Å². The first-order valence-corrected chi connectivity index (χ1v) is 9.79. The lowest BCUT2D eigenvalue weighted by molar-refractivity contribution is 0.114. The molecular weight excluding hydrogens is 317 g/mol. The highest BCUT2D eigenvalue weighted by molar-refractivity contribution is 5.16. The van der Waals surface area contributed by atoms with Crippen LogP contribution in [0.25, 0.3) is 0 Å². The monoisotopic (exact) mass is 349 g/mol. The van der Waals surface area contributed by atoms with E-state index in [1.807, 2.05) is 12.1 Å². The number of halogens is 1. The fraction of sp³-hybridized carbons (Fsp3) is 0.700. The summed E-state index contributed by atoms with van der Waals surface area (Å²) in [6, 6.07) is 7.37. The average Bonchev–Trinajstić information content (AvgIpc) is 3.13. The van der Waals surface area contributed by atoms with Crippen molar-refractivity contribution in [3.05, 3.63) is 35.6 Å². The van der Waals surface area contributed by atoms with Crippen LogP contribution < -0.4 is 5.32 Å². The third-order valence-electron chi connectivity index (χ3n) is 5.53. The minimum atomic E-state index is -0.255.